The lowest BCUT2D eigenvalue weighted by molar-refractivity contribution is 0.100. The standard InChI is InChI=1S/C33H27N5O2S/c39-29(24-9-5-2-6-10-24)22-35-26-11-12-28-27(21-26)36-33(38(28)20-17-23-7-3-1-4-8-23)37-32(40)31-14-13-30(41-31)25-15-18-34-19-16-25/h1-16,18-19,21,35H,17,20,22H2,(H,36,37,40). The maximum Gasteiger partial charge on any atom is 0.268 e. The van der Waals surface area contributed by atoms with Crippen molar-refractivity contribution in [2.45, 2.75) is 13.0 Å². The fourth-order valence-corrected chi connectivity index (χ4v) is 5.56. The van der Waals surface area contributed by atoms with Crippen LogP contribution in [0.2, 0.25) is 0 Å². The van der Waals surface area contributed by atoms with Crippen molar-refractivity contribution in [2.24, 2.45) is 0 Å². The molecule has 6 rings (SSSR count). The Labute approximate surface area is 241 Å². The maximum atomic E-state index is 13.3. The minimum absolute atomic E-state index is 0.00845. The van der Waals surface area contributed by atoms with E-state index in [0.717, 1.165) is 33.6 Å². The number of amides is 1. The zero-order chi connectivity index (χ0) is 28.0. The number of hydrogen-bond donors (Lipinski definition) is 2. The number of ketones is 1. The predicted octanol–water partition coefficient (Wildman–Crippen LogP) is 6.95. The summed E-state index contributed by atoms with van der Waals surface area (Å²) >= 11 is 1.43. The SMILES string of the molecule is O=C(CNc1ccc2c(c1)nc(NC(=O)c1ccc(-c3ccncc3)s1)n2CCc1ccccc1)c1ccccc1. The van der Waals surface area contributed by atoms with Gasteiger partial charge >= 0.3 is 0 Å². The minimum atomic E-state index is -0.210. The van der Waals surface area contributed by atoms with Gasteiger partial charge in [-0.3, -0.25) is 19.9 Å². The first-order valence-electron chi connectivity index (χ1n) is 13.3. The third kappa shape index (κ3) is 6.08. The number of Topliss-reactive ketones (excluding diaryl/α,β-unsaturated/α-hetero) is 1. The maximum absolute atomic E-state index is 13.3. The number of aryl methyl sites for hydroxylation is 2. The molecule has 0 aliphatic heterocycles. The average Bonchev–Trinajstić information content (AvgIpc) is 3.65. The van der Waals surface area contributed by atoms with Crippen molar-refractivity contribution >= 4 is 45.7 Å². The number of pyridine rings is 1. The van der Waals surface area contributed by atoms with Gasteiger partial charge < -0.3 is 9.88 Å². The molecule has 0 saturated carbocycles. The van der Waals surface area contributed by atoms with Crippen LogP contribution in [0.25, 0.3) is 21.5 Å². The molecule has 2 N–H and O–H groups in total. The summed E-state index contributed by atoms with van der Waals surface area (Å²) in [4.78, 5) is 36.4. The molecule has 41 heavy (non-hydrogen) atoms. The Hall–Kier alpha value is -5.08. The highest BCUT2D eigenvalue weighted by Crippen LogP contribution is 2.29. The highest BCUT2D eigenvalue weighted by molar-refractivity contribution is 7.17. The Balaban J connectivity index is 1.25. The molecular weight excluding hydrogens is 530 g/mol. The first-order chi connectivity index (χ1) is 20.1. The number of anilines is 2. The van der Waals surface area contributed by atoms with Crippen LogP contribution in [0.5, 0.6) is 0 Å². The second-order valence-corrected chi connectivity index (χ2v) is 10.6. The number of imidazole rings is 1. The summed E-state index contributed by atoms with van der Waals surface area (Å²) in [5.41, 5.74) is 5.30. The van der Waals surface area contributed by atoms with E-state index in [-0.39, 0.29) is 18.2 Å². The second-order valence-electron chi connectivity index (χ2n) is 9.52. The first kappa shape index (κ1) is 26.2. The Morgan fingerprint density at radius 1 is 0.829 bits per heavy atom. The highest BCUT2D eigenvalue weighted by Gasteiger charge is 2.17. The van der Waals surface area contributed by atoms with Gasteiger partial charge in [0, 0.05) is 35.1 Å². The molecule has 0 unspecified atom stereocenters. The molecule has 0 aliphatic carbocycles. The number of hydrogen-bond acceptors (Lipinski definition) is 6. The zero-order valence-electron chi connectivity index (χ0n) is 22.2. The van der Waals surface area contributed by atoms with Gasteiger partial charge in [0.15, 0.2) is 5.78 Å². The Kier molecular flexibility index (Phi) is 7.64. The molecule has 6 aromatic rings. The second kappa shape index (κ2) is 12.0. The van der Waals surface area contributed by atoms with Crippen LogP contribution < -0.4 is 10.6 Å². The van der Waals surface area contributed by atoms with Gasteiger partial charge in [0.25, 0.3) is 5.91 Å². The minimum Gasteiger partial charge on any atom is -0.378 e. The van der Waals surface area contributed by atoms with Gasteiger partial charge in [-0.1, -0.05) is 60.7 Å². The van der Waals surface area contributed by atoms with Crippen molar-refractivity contribution in [3.05, 3.63) is 132 Å². The molecule has 1 amide bonds. The molecule has 0 saturated heterocycles. The number of benzene rings is 3. The molecule has 7 nitrogen and oxygen atoms in total. The van der Waals surface area contributed by atoms with Crippen molar-refractivity contribution in [3.8, 4) is 10.4 Å². The van der Waals surface area contributed by atoms with E-state index in [0.29, 0.717) is 22.9 Å². The summed E-state index contributed by atoms with van der Waals surface area (Å²) < 4.78 is 2.04. The Bertz CT molecular complexity index is 1800. The third-order valence-electron chi connectivity index (χ3n) is 6.78. The third-order valence-corrected chi connectivity index (χ3v) is 7.92. The number of fused-ring (bicyclic) bond motifs is 1. The van der Waals surface area contributed by atoms with E-state index < -0.39 is 0 Å². The summed E-state index contributed by atoms with van der Waals surface area (Å²) in [5, 5.41) is 6.26. The largest absolute Gasteiger partial charge is 0.378 e. The number of nitrogens with zero attached hydrogens (tertiary/aromatic N) is 3. The van der Waals surface area contributed by atoms with Crippen LogP contribution >= 0.6 is 11.3 Å². The van der Waals surface area contributed by atoms with E-state index in [2.05, 4.69) is 27.8 Å². The van der Waals surface area contributed by atoms with Crippen LogP contribution in [0, 0.1) is 0 Å². The number of nitrogens with one attached hydrogen (secondary N) is 2. The molecule has 0 fully saturated rings. The van der Waals surface area contributed by atoms with Crippen molar-refractivity contribution in [1.82, 2.24) is 14.5 Å². The molecule has 0 aliphatic rings. The summed E-state index contributed by atoms with van der Waals surface area (Å²) in [6.07, 6.45) is 4.26. The summed E-state index contributed by atoms with van der Waals surface area (Å²) in [6, 6.07) is 32.9. The Morgan fingerprint density at radius 2 is 1.59 bits per heavy atom. The highest BCUT2D eigenvalue weighted by atomic mass is 32.1. The lowest BCUT2D eigenvalue weighted by atomic mass is 10.1. The van der Waals surface area contributed by atoms with Crippen LogP contribution in [0.3, 0.4) is 0 Å². The first-order valence-corrected chi connectivity index (χ1v) is 14.1. The molecule has 0 radical (unpaired) electrons. The van der Waals surface area contributed by atoms with E-state index in [1.807, 2.05) is 95.6 Å². The molecule has 8 heteroatoms. The fraction of sp³-hybridized carbons (Fsp3) is 0.0909. The van der Waals surface area contributed by atoms with Crippen molar-refractivity contribution in [2.75, 3.05) is 17.2 Å². The van der Waals surface area contributed by atoms with Gasteiger partial charge in [0.1, 0.15) is 0 Å². The van der Waals surface area contributed by atoms with Crippen molar-refractivity contribution in [3.63, 3.8) is 0 Å². The molecular formula is C33H27N5O2S. The zero-order valence-corrected chi connectivity index (χ0v) is 23.0. The van der Waals surface area contributed by atoms with Gasteiger partial charge in [0.2, 0.25) is 5.95 Å². The average molecular weight is 558 g/mol. The number of rotatable bonds is 10. The smallest absolute Gasteiger partial charge is 0.268 e. The molecule has 3 heterocycles. The van der Waals surface area contributed by atoms with E-state index in [1.54, 1.807) is 12.4 Å². The number of thiophene rings is 1. The fourth-order valence-electron chi connectivity index (χ4n) is 4.65. The van der Waals surface area contributed by atoms with Crippen LogP contribution in [0.4, 0.5) is 11.6 Å². The normalized spacial score (nSPS) is 10.9. The van der Waals surface area contributed by atoms with Crippen molar-refractivity contribution < 1.29 is 9.59 Å². The van der Waals surface area contributed by atoms with Crippen LogP contribution in [-0.2, 0) is 13.0 Å². The predicted molar refractivity (Wildman–Crippen MR) is 165 cm³/mol. The van der Waals surface area contributed by atoms with Gasteiger partial charge in [-0.05, 0) is 60.0 Å². The van der Waals surface area contributed by atoms with Gasteiger partial charge in [0.05, 0.1) is 22.5 Å². The van der Waals surface area contributed by atoms with E-state index in [4.69, 9.17) is 4.98 Å². The van der Waals surface area contributed by atoms with E-state index in [1.165, 1.54) is 16.9 Å². The molecule has 202 valence electrons. The number of aromatic nitrogens is 3. The lowest BCUT2D eigenvalue weighted by Gasteiger charge is -2.10. The monoisotopic (exact) mass is 557 g/mol. The number of carbonyl (C=O) groups is 2. The molecule has 0 bridgehead atoms. The van der Waals surface area contributed by atoms with Gasteiger partial charge in [-0.25, -0.2) is 4.98 Å². The topological polar surface area (TPSA) is 88.9 Å². The van der Waals surface area contributed by atoms with Crippen molar-refractivity contribution in [1.29, 1.82) is 0 Å². The summed E-state index contributed by atoms with van der Waals surface area (Å²) in [5.74, 6) is 0.282. The molecule has 3 aromatic carbocycles. The van der Waals surface area contributed by atoms with Crippen LogP contribution in [-0.4, -0.2) is 32.8 Å². The van der Waals surface area contributed by atoms with E-state index in [9.17, 15) is 9.59 Å². The number of carbonyl (C=O) groups excluding carboxylic acids is 2. The summed E-state index contributed by atoms with van der Waals surface area (Å²) in [7, 11) is 0. The van der Waals surface area contributed by atoms with Gasteiger partial charge in [-0.2, -0.15) is 0 Å². The van der Waals surface area contributed by atoms with Crippen LogP contribution in [0.1, 0.15) is 25.6 Å². The quantitative estimate of drug-likeness (QED) is 0.178. The Morgan fingerprint density at radius 3 is 2.37 bits per heavy atom. The molecule has 3 aromatic heterocycles. The van der Waals surface area contributed by atoms with Crippen LogP contribution in [0.15, 0.2) is 116 Å². The summed E-state index contributed by atoms with van der Waals surface area (Å²) in [6.45, 7) is 0.814. The van der Waals surface area contributed by atoms with Gasteiger partial charge in [-0.15, -0.1) is 11.3 Å². The molecule has 0 atom stereocenters. The molecule has 0 spiro atoms. The van der Waals surface area contributed by atoms with E-state index >= 15 is 0 Å². The lowest BCUT2D eigenvalue weighted by Crippen LogP contribution is -2.15.